The lowest BCUT2D eigenvalue weighted by molar-refractivity contribution is 0.171. The van der Waals surface area contributed by atoms with Crippen LogP contribution in [0.25, 0.3) is 0 Å². The summed E-state index contributed by atoms with van der Waals surface area (Å²) < 4.78 is 16.3. The Morgan fingerprint density at radius 2 is 2.00 bits per heavy atom. The summed E-state index contributed by atoms with van der Waals surface area (Å²) in [6.07, 6.45) is 1.41. The van der Waals surface area contributed by atoms with Crippen molar-refractivity contribution in [3.05, 3.63) is 29.7 Å². The molecule has 1 aliphatic rings. The van der Waals surface area contributed by atoms with Crippen LogP contribution in [0.2, 0.25) is 5.15 Å². The summed E-state index contributed by atoms with van der Waals surface area (Å²) >= 11 is 7.41. The molecule has 0 saturated heterocycles. The van der Waals surface area contributed by atoms with Crippen molar-refractivity contribution >= 4 is 23.4 Å². The van der Waals surface area contributed by atoms with Gasteiger partial charge in [-0.1, -0.05) is 23.4 Å². The lowest BCUT2D eigenvalue weighted by Crippen LogP contribution is -2.15. The molecule has 0 amide bonds. The number of aromatic nitrogens is 2. The van der Waals surface area contributed by atoms with Crippen molar-refractivity contribution in [2.24, 2.45) is 0 Å². The van der Waals surface area contributed by atoms with Crippen LogP contribution in [0.15, 0.2) is 34.4 Å². The third kappa shape index (κ3) is 2.62. The highest BCUT2D eigenvalue weighted by Crippen LogP contribution is 2.40. The molecule has 1 aliphatic heterocycles. The van der Waals surface area contributed by atoms with E-state index in [1.807, 2.05) is 18.2 Å². The van der Waals surface area contributed by atoms with Gasteiger partial charge in [-0.2, -0.15) is 0 Å². The molecule has 2 aromatic rings. The maximum Gasteiger partial charge on any atom is 0.188 e. The molecule has 1 aromatic carbocycles. The molecule has 3 rings (SSSR count). The number of ether oxygens (including phenoxy) is 3. The fraction of sp³-hybridized carbons (Fsp3) is 0.231. The van der Waals surface area contributed by atoms with Crippen LogP contribution in [-0.2, 0) is 0 Å². The standard InChI is InChI=1S/C13H11ClN2O3S/c1-17-11-12(14)15-7-16-13(11)20-8-2-3-9-10(6-8)19-5-4-18-9/h2-3,6-7H,4-5H2,1H3. The van der Waals surface area contributed by atoms with Gasteiger partial charge in [-0.3, -0.25) is 0 Å². The predicted molar refractivity (Wildman–Crippen MR) is 75.1 cm³/mol. The molecule has 0 fully saturated rings. The van der Waals surface area contributed by atoms with Crippen LogP contribution < -0.4 is 14.2 Å². The Labute approximate surface area is 125 Å². The number of halogens is 1. The van der Waals surface area contributed by atoms with E-state index in [-0.39, 0.29) is 0 Å². The van der Waals surface area contributed by atoms with Gasteiger partial charge in [0.15, 0.2) is 22.4 Å². The molecular formula is C13H11ClN2O3S. The first kappa shape index (κ1) is 13.3. The summed E-state index contributed by atoms with van der Waals surface area (Å²) in [5.41, 5.74) is 0. The molecule has 0 N–H and O–H groups in total. The Bertz CT molecular complexity index is 639. The van der Waals surface area contributed by atoms with Gasteiger partial charge in [-0.05, 0) is 18.2 Å². The highest BCUT2D eigenvalue weighted by Gasteiger charge is 2.15. The lowest BCUT2D eigenvalue weighted by Gasteiger charge is -2.18. The second-order valence-corrected chi connectivity index (χ2v) is 5.33. The number of benzene rings is 1. The maximum absolute atomic E-state index is 5.98. The van der Waals surface area contributed by atoms with Crippen molar-refractivity contribution in [3.63, 3.8) is 0 Å². The van der Waals surface area contributed by atoms with Gasteiger partial charge in [0.2, 0.25) is 0 Å². The summed E-state index contributed by atoms with van der Waals surface area (Å²) in [6, 6.07) is 5.73. The first-order valence-electron chi connectivity index (χ1n) is 5.90. The average Bonchev–Trinajstić information content (AvgIpc) is 2.47. The first-order chi connectivity index (χ1) is 9.78. The molecule has 0 radical (unpaired) electrons. The van der Waals surface area contributed by atoms with Gasteiger partial charge in [0.25, 0.3) is 0 Å². The number of rotatable bonds is 3. The molecule has 104 valence electrons. The number of fused-ring (bicyclic) bond motifs is 1. The molecule has 20 heavy (non-hydrogen) atoms. The summed E-state index contributed by atoms with van der Waals surface area (Å²) in [6.45, 7) is 1.14. The molecule has 5 nitrogen and oxygen atoms in total. The number of hydrogen-bond acceptors (Lipinski definition) is 6. The molecule has 0 atom stereocenters. The van der Waals surface area contributed by atoms with E-state index in [0.717, 1.165) is 16.4 Å². The van der Waals surface area contributed by atoms with E-state index in [1.165, 1.54) is 18.1 Å². The van der Waals surface area contributed by atoms with Crippen molar-refractivity contribution in [1.82, 2.24) is 9.97 Å². The molecular weight excluding hydrogens is 300 g/mol. The smallest absolute Gasteiger partial charge is 0.188 e. The van der Waals surface area contributed by atoms with Crippen LogP contribution in [0.5, 0.6) is 17.2 Å². The number of methoxy groups -OCH3 is 1. The van der Waals surface area contributed by atoms with E-state index in [0.29, 0.717) is 29.1 Å². The third-order valence-electron chi connectivity index (χ3n) is 2.66. The minimum absolute atomic E-state index is 0.294. The average molecular weight is 311 g/mol. The van der Waals surface area contributed by atoms with Crippen molar-refractivity contribution in [2.75, 3.05) is 20.3 Å². The molecule has 2 heterocycles. The van der Waals surface area contributed by atoms with E-state index >= 15 is 0 Å². The molecule has 7 heteroatoms. The Kier molecular flexibility index (Phi) is 3.84. The largest absolute Gasteiger partial charge is 0.491 e. The highest BCUT2D eigenvalue weighted by atomic mass is 35.5. The van der Waals surface area contributed by atoms with E-state index in [2.05, 4.69) is 9.97 Å². The molecule has 0 bridgehead atoms. The molecule has 1 aromatic heterocycles. The van der Waals surface area contributed by atoms with Crippen LogP contribution in [0.3, 0.4) is 0 Å². The van der Waals surface area contributed by atoms with Crippen LogP contribution in [0.4, 0.5) is 0 Å². The van der Waals surface area contributed by atoms with E-state index in [1.54, 1.807) is 7.11 Å². The third-order valence-corrected chi connectivity index (χ3v) is 3.90. The molecule has 0 unspecified atom stereocenters. The van der Waals surface area contributed by atoms with Gasteiger partial charge in [0, 0.05) is 4.90 Å². The van der Waals surface area contributed by atoms with Gasteiger partial charge >= 0.3 is 0 Å². The van der Waals surface area contributed by atoms with Crippen molar-refractivity contribution < 1.29 is 14.2 Å². The van der Waals surface area contributed by atoms with Crippen molar-refractivity contribution in [3.8, 4) is 17.2 Å². The predicted octanol–water partition coefficient (Wildman–Crippen LogP) is 3.06. The van der Waals surface area contributed by atoms with Gasteiger partial charge < -0.3 is 14.2 Å². The maximum atomic E-state index is 5.98. The van der Waals surface area contributed by atoms with Crippen LogP contribution >= 0.6 is 23.4 Å². The fourth-order valence-electron chi connectivity index (χ4n) is 1.78. The first-order valence-corrected chi connectivity index (χ1v) is 7.09. The quantitative estimate of drug-likeness (QED) is 0.812. The van der Waals surface area contributed by atoms with E-state index in [9.17, 15) is 0 Å². The molecule has 0 saturated carbocycles. The van der Waals surface area contributed by atoms with Crippen molar-refractivity contribution in [1.29, 1.82) is 0 Å². The normalized spacial score (nSPS) is 13.1. The van der Waals surface area contributed by atoms with Gasteiger partial charge in [0.05, 0.1) is 7.11 Å². The van der Waals surface area contributed by atoms with E-state index < -0.39 is 0 Å². The van der Waals surface area contributed by atoms with E-state index in [4.69, 9.17) is 25.8 Å². The fourth-order valence-corrected chi connectivity index (χ4v) is 2.94. The zero-order valence-electron chi connectivity index (χ0n) is 10.6. The molecule has 0 spiro atoms. The van der Waals surface area contributed by atoms with Crippen molar-refractivity contribution in [2.45, 2.75) is 9.92 Å². The number of nitrogens with zero attached hydrogens (tertiary/aromatic N) is 2. The SMILES string of the molecule is COc1c(Cl)ncnc1Sc1ccc2c(c1)OCCO2. The van der Waals surface area contributed by atoms with Crippen LogP contribution in [0, 0.1) is 0 Å². The van der Waals surface area contributed by atoms with Crippen LogP contribution in [0.1, 0.15) is 0 Å². The van der Waals surface area contributed by atoms with Gasteiger partial charge in [-0.15, -0.1) is 0 Å². The minimum Gasteiger partial charge on any atom is -0.491 e. The van der Waals surface area contributed by atoms with Gasteiger partial charge in [0.1, 0.15) is 24.6 Å². The highest BCUT2D eigenvalue weighted by molar-refractivity contribution is 7.99. The second kappa shape index (κ2) is 5.76. The Balaban J connectivity index is 1.90. The Morgan fingerprint density at radius 1 is 1.20 bits per heavy atom. The summed E-state index contributed by atoms with van der Waals surface area (Å²) in [5.74, 6) is 1.96. The Hall–Kier alpha value is -1.66. The minimum atomic E-state index is 0.294. The summed E-state index contributed by atoms with van der Waals surface area (Å²) in [7, 11) is 1.54. The zero-order valence-corrected chi connectivity index (χ0v) is 12.2. The van der Waals surface area contributed by atoms with Gasteiger partial charge in [-0.25, -0.2) is 9.97 Å². The number of hydrogen-bond donors (Lipinski definition) is 0. The zero-order chi connectivity index (χ0) is 13.9. The topological polar surface area (TPSA) is 53.5 Å². The monoisotopic (exact) mass is 310 g/mol. The summed E-state index contributed by atoms with van der Waals surface area (Å²) in [5, 5.41) is 0.951. The molecule has 0 aliphatic carbocycles. The van der Waals surface area contributed by atoms with Crippen LogP contribution in [-0.4, -0.2) is 30.3 Å². The Morgan fingerprint density at radius 3 is 2.80 bits per heavy atom. The lowest BCUT2D eigenvalue weighted by atomic mass is 10.3. The second-order valence-electron chi connectivity index (χ2n) is 3.91. The summed E-state index contributed by atoms with van der Waals surface area (Å²) in [4.78, 5) is 9.04.